The Bertz CT molecular complexity index is 321. The average Bonchev–Trinajstić information content (AvgIpc) is 2.52. The van der Waals surface area contributed by atoms with Crippen LogP contribution in [0.2, 0.25) is 0 Å². The molecule has 76 valence electrons. The lowest BCUT2D eigenvalue weighted by atomic mass is 10.3. The molecule has 0 aliphatic carbocycles. The van der Waals surface area contributed by atoms with Gasteiger partial charge in [0.2, 0.25) is 0 Å². The molecule has 0 spiro atoms. The van der Waals surface area contributed by atoms with Gasteiger partial charge in [0.1, 0.15) is 5.82 Å². The van der Waals surface area contributed by atoms with E-state index in [1.807, 2.05) is 6.07 Å². The number of rotatable bonds is 2. The monoisotopic (exact) mass is 213 g/mol. The van der Waals surface area contributed by atoms with E-state index in [1.54, 1.807) is 6.07 Å². The van der Waals surface area contributed by atoms with Crippen molar-refractivity contribution in [3.8, 4) is 0 Å². The largest absolute Gasteiger partial charge is 0.391 e. The molecule has 4 heteroatoms. The lowest BCUT2D eigenvalue weighted by molar-refractivity contribution is 0.201. The Balaban J connectivity index is 2.03. The summed E-state index contributed by atoms with van der Waals surface area (Å²) in [6.07, 6.45) is -0.330. The second-order valence-electron chi connectivity index (χ2n) is 3.34. The molecule has 0 bridgehead atoms. The van der Waals surface area contributed by atoms with E-state index in [-0.39, 0.29) is 17.2 Å². The summed E-state index contributed by atoms with van der Waals surface area (Å²) in [6.45, 7) is 1.41. The van der Waals surface area contributed by atoms with Crippen molar-refractivity contribution >= 4 is 11.8 Å². The zero-order chi connectivity index (χ0) is 9.97. The number of β-amino-alcohol motifs (C(OH)–C–C–N with tert-alkyl or cyclic N) is 1. The second-order valence-corrected chi connectivity index (χ2v) is 4.65. The standard InChI is InChI=1S/C10H12FNOS/c11-7-2-1-3-8(4-7)14-10-6-12-5-9(10)13/h1-4,9-10,12-13H,5-6H2/t9-,10-/m1/s1. The maximum Gasteiger partial charge on any atom is 0.124 e. The van der Waals surface area contributed by atoms with Crippen molar-refractivity contribution in [1.29, 1.82) is 0 Å². The van der Waals surface area contributed by atoms with Crippen LogP contribution in [0.15, 0.2) is 29.2 Å². The molecule has 14 heavy (non-hydrogen) atoms. The van der Waals surface area contributed by atoms with Crippen LogP contribution in [0.3, 0.4) is 0 Å². The minimum absolute atomic E-state index is 0.136. The number of hydrogen-bond donors (Lipinski definition) is 2. The van der Waals surface area contributed by atoms with E-state index in [9.17, 15) is 9.50 Å². The molecule has 1 fully saturated rings. The Morgan fingerprint density at radius 2 is 2.29 bits per heavy atom. The molecule has 1 heterocycles. The molecule has 1 aromatic carbocycles. The fourth-order valence-electron chi connectivity index (χ4n) is 1.48. The molecule has 1 aliphatic rings. The van der Waals surface area contributed by atoms with Gasteiger partial charge in [-0.15, -0.1) is 11.8 Å². The molecular weight excluding hydrogens is 201 g/mol. The molecule has 2 N–H and O–H groups in total. The Labute approximate surface area is 86.5 Å². The molecular formula is C10H12FNOS. The third-order valence-corrected chi connectivity index (χ3v) is 3.52. The van der Waals surface area contributed by atoms with Crippen LogP contribution in [0.1, 0.15) is 0 Å². The topological polar surface area (TPSA) is 32.3 Å². The Morgan fingerprint density at radius 3 is 2.93 bits per heavy atom. The fraction of sp³-hybridized carbons (Fsp3) is 0.400. The van der Waals surface area contributed by atoms with Gasteiger partial charge in [-0.2, -0.15) is 0 Å². The summed E-state index contributed by atoms with van der Waals surface area (Å²) >= 11 is 1.52. The van der Waals surface area contributed by atoms with E-state index in [2.05, 4.69) is 5.32 Å². The van der Waals surface area contributed by atoms with Gasteiger partial charge < -0.3 is 10.4 Å². The van der Waals surface area contributed by atoms with Crippen LogP contribution in [0.4, 0.5) is 4.39 Å². The highest BCUT2D eigenvalue weighted by Gasteiger charge is 2.25. The lowest BCUT2D eigenvalue weighted by Crippen LogP contribution is -2.19. The molecule has 2 rings (SSSR count). The normalized spacial score (nSPS) is 26.7. The number of hydrogen-bond acceptors (Lipinski definition) is 3. The molecule has 2 atom stereocenters. The zero-order valence-electron chi connectivity index (χ0n) is 7.61. The van der Waals surface area contributed by atoms with E-state index in [4.69, 9.17) is 0 Å². The number of thioether (sulfide) groups is 1. The summed E-state index contributed by atoms with van der Waals surface area (Å²) < 4.78 is 12.8. The predicted octanol–water partition coefficient (Wildman–Crippen LogP) is 1.25. The molecule has 0 unspecified atom stereocenters. The highest BCUT2D eigenvalue weighted by atomic mass is 32.2. The molecule has 1 saturated heterocycles. The van der Waals surface area contributed by atoms with Crippen LogP contribution >= 0.6 is 11.8 Å². The molecule has 0 aromatic heterocycles. The number of aliphatic hydroxyl groups excluding tert-OH is 1. The van der Waals surface area contributed by atoms with Crippen LogP contribution in [0.5, 0.6) is 0 Å². The number of benzene rings is 1. The third kappa shape index (κ3) is 2.26. The molecule has 2 nitrogen and oxygen atoms in total. The van der Waals surface area contributed by atoms with E-state index in [0.717, 1.165) is 11.4 Å². The summed E-state index contributed by atoms with van der Waals surface area (Å²) in [6, 6.07) is 6.47. The minimum Gasteiger partial charge on any atom is -0.391 e. The van der Waals surface area contributed by atoms with Gasteiger partial charge in [-0.25, -0.2) is 4.39 Å². The highest BCUT2D eigenvalue weighted by molar-refractivity contribution is 8.00. The highest BCUT2D eigenvalue weighted by Crippen LogP contribution is 2.27. The van der Waals surface area contributed by atoms with Crippen molar-refractivity contribution in [3.63, 3.8) is 0 Å². The van der Waals surface area contributed by atoms with E-state index in [0.29, 0.717) is 6.54 Å². The maximum atomic E-state index is 12.8. The summed E-state index contributed by atoms with van der Waals surface area (Å²) in [5, 5.41) is 12.8. The van der Waals surface area contributed by atoms with Crippen molar-refractivity contribution in [3.05, 3.63) is 30.1 Å². The molecule has 0 radical (unpaired) electrons. The lowest BCUT2D eigenvalue weighted by Gasteiger charge is -2.12. The van der Waals surface area contributed by atoms with Gasteiger partial charge in [-0.1, -0.05) is 6.07 Å². The first kappa shape index (κ1) is 9.96. The Morgan fingerprint density at radius 1 is 1.43 bits per heavy atom. The van der Waals surface area contributed by atoms with E-state index >= 15 is 0 Å². The average molecular weight is 213 g/mol. The van der Waals surface area contributed by atoms with Gasteiger partial charge in [0, 0.05) is 23.2 Å². The SMILES string of the molecule is O[C@@H]1CNC[C@H]1Sc1cccc(F)c1. The van der Waals surface area contributed by atoms with Crippen LogP contribution in [0.25, 0.3) is 0 Å². The van der Waals surface area contributed by atoms with Crippen LogP contribution < -0.4 is 5.32 Å². The smallest absolute Gasteiger partial charge is 0.124 e. The van der Waals surface area contributed by atoms with Crippen LogP contribution in [0, 0.1) is 5.82 Å². The fourth-order valence-corrected chi connectivity index (χ4v) is 2.62. The number of aliphatic hydroxyl groups is 1. The number of halogens is 1. The van der Waals surface area contributed by atoms with Gasteiger partial charge in [-0.05, 0) is 18.2 Å². The van der Waals surface area contributed by atoms with Gasteiger partial charge >= 0.3 is 0 Å². The van der Waals surface area contributed by atoms with Gasteiger partial charge in [0.05, 0.1) is 6.10 Å². The molecule has 1 aliphatic heterocycles. The van der Waals surface area contributed by atoms with E-state index < -0.39 is 0 Å². The summed E-state index contributed by atoms with van der Waals surface area (Å²) in [7, 11) is 0. The van der Waals surface area contributed by atoms with Crippen molar-refractivity contribution < 1.29 is 9.50 Å². The van der Waals surface area contributed by atoms with Crippen LogP contribution in [-0.4, -0.2) is 29.5 Å². The molecule has 0 amide bonds. The Kier molecular flexibility index (Phi) is 3.05. The maximum absolute atomic E-state index is 12.8. The zero-order valence-corrected chi connectivity index (χ0v) is 8.43. The van der Waals surface area contributed by atoms with Gasteiger partial charge in [-0.3, -0.25) is 0 Å². The van der Waals surface area contributed by atoms with Gasteiger partial charge in [0.15, 0.2) is 0 Å². The summed E-state index contributed by atoms with van der Waals surface area (Å²) in [5.74, 6) is -0.226. The van der Waals surface area contributed by atoms with Crippen molar-refractivity contribution in [2.24, 2.45) is 0 Å². The van der Waals surface area contributed by atoms with Crippen molar-refractivity contribution in [2.45, 2.75) is 16.2 Å². The number of nitrogens with one attached hydrogen (secondary N) is 1. The summed E-state index contributed by atoms with van der Waals surface area (Å²) in [4.78, 5) is 0.873. The summed E-state index contributed by atoms with van der Waals surface area (Å²) in [5.41, 5.74) is 0. The second kappa shape index (κ2) is 4.29. The first-order valence-electron chi connectivity index (χ1n) is 4.57. The van der Waals surface area contributed by atoms with Crippen molar-refractivity contribution in [2.75, 3.05) is 13.1 Å². The van der Waals surface area contributed by atoms with Crippen molar-refractivity contribution in [1.82, 2.24) is 5.32 Å². The first-order chi connectivity index (χ1) is 6.75. The minimum atomic E-state index is -0.330. The first-order valence-corrected chi connectivity index (χ1v) is 5.44. The van der Waals surface area contributed by atoms with Crippen LogP contribution in [-0.2, 0) is 0 Å². The Hall–Kier alpha value is -0.580. The predicted molar refractivity (Wildman–Crippen MR) is 54.9 cm³/mol. The van der Waals surface area contributed by atoms with E-state index in [1.165, 1.54) is 23.9 Å². The quantitative estimate of drug-likeness (QED) is 0.775. The molecule has 1 aromatic rings. The van der Waals surface area contributed by atoms with Gasteiger partial charge in [0.25, 0.3) is 0 Å². The third-order valence-electron chi connectivity index (χ3n) is 2.21. The molecule has 0 saturated carbocycles.